The van der Waals surface area contributed by atoms with Gasteiger partial charge in [0.1, 0.15) is 0 Å². The third-order valence-corrected chi connectivity index (χ3v) is 3.65. The summed E-state index contributed by atoms with van der Waals surface area (Å²) in [5.41, 5.74) is 0. The number of ether oxygens (including phenoxy) is 1. The molecule has 0 radical (unpaired) electrons. The first-order chi connectivity index (χ1) is 9.63. The molecule has 0 unspecified atom stereocenters. The van der Waals surface area contributed by atoms with Crippen molar-refractivity contribution in [3.05, 3.63) is 22.4 Å². The Morgan fingerprint density at radius 2 is 2.30 bits per heavy atom. The van der Waals surface area contributed by atoms with Crippen molar-refractivity contribution in [3.8, 4) is 0 Å². The van der Waals surface area contributed by atoms with Gasteiger partial charge in [0.15, 0.2) is 0 Å². The molecule has 2 amide bonds. The lowest BCUT2D eigenvalue weighted by molar-refractivity contribution is 0.108. The molecule has 4 nitrogen and oxygen atoms in total. The van der Waals surface area contributed by atoms with E-state index in [-0.39, 0.29) is 6.03 Å². The van der Waals surface area contributed by atoms with E-state index in [0.29, 0.717) is 32.2 Å². The number of carbonyl (C=O) groups excluding carboxylic acids is 1. The van der Waals surface area contributed by atoms with Crippen molar-refractivity contribution < 1.29 is 9.53 Å². The molecule has 0 bridgehead atoms. The summed E-state index contributed by atoms with van der Waals surface area (Å²) in [4.78, 5) is 15.1. The maximum absolute atomic E-state index is 12.0. The first-order valence-corrected chi connectivity index (χ1v) is 8.14. The maximum Gasteiger partial charge on any atom is 0.317 e. The minimum atomic E-state index is 0.00441. The summed E-state index contributed by atoms with van der Waals surface area (Å²) >= 11 is 1.68. The first-order valence-electron chi connectivity index (χ1n) is 7.26. The number of thiophene rings is 1. The van der Waals surface area contributed by atoms with Gasteiger partial charge < -0.3 is 15.0 Å². The van der Waals surface area contributed by atoms with Gasteiger partial charge in [0.25, 0.3) is 0 Å². The predicted octanol–water partition coefficient (Wildman–Crippen LogP) is 3.34. The molecule has 0 aliphatic heterocycles. The van der Waals surface area contributed by atoms with Gasteiger partial charge in [-0.2, -0.15) is 0 Å². The SMILES string of the molecule is CCN(Cc1cccs1)C(=O)NCCCOCC(C)C. The number of nitrogens with zero attached hydrogens (tertiary/aromatic N) is 1. The lowest BCUT2D eigenvalue weighted by Gasteiger charge is -2.20. The van der Waals surface area contributed by atoms with Gasteiger partial charge in [-0.1, -0.05) is 19.9 Å². The highest BCUT2D eigenvalue weighted by atomic mass is 32.1. The Hall–Kier alpha value is -1.07. The molecule has 0 saturated carbocycles. The van der Waals surface area contributed by atoms with Crippen molar-refractivity contribution in [1.82, 2.24) is 10.2 Å². The van der Waals surface area contributed by atoms with Gasteiger partial charge in [-0.15, -0.1) is 11.3 Å². The van der Waals surface area contributed by atoms with E-state index in [1.54, 1.807) is 11.3 Å². The fraction of sp³-hybridized carbons (Fsp3) is 0.667. The number of nitrogens with one attached hydrogen (secondary N) is 1. The molecule has 5 heteroatoms. The van der Waals surface area contributed by atoms with Crippen LogP contribution in [0.15, 0.2) is 17.5 Å². The third-order valence-electron chi connectivity index (χ3n) is 2.79. The van der Waals surface area contributed by atoms with E-state index < -0.39 is 0 Å². The molecule has 1 aromatic heterocycles. The van der Waals surface area contributed by atoms with Crippen LogP contribution in [0.5, 0.6) is 0 Å². The zero-order valence-electron chi connectivity index (χ0n) is 12.7. The van der Waals surface area contributed by atoms with Gasteiger partial charge in [-0.25, -0.2) is 4.79 Å². The molecule has 20 heavy (non-hydrogen) atoms. The van der Waals surface area contributed by atoms with Gasteiger partial charge in [0.2, 0.25) is 0 Å². The smallest absolute Gasteiger partial charge is 0.317 e. The van der Waals surface area contributed by atoms with Crippen molar-refractivity contribution in [2.75, 3.05) is 26.3 Å². The second-order valence-corrected chi connectivity index (χ2v) is 6.18. The zero-order chi connectivity index (χ0) is 14.8. The Labute approximate surface area is 126 Å². The molecular weight excluding hydrogens is 272 g/mol. The minimum Gasteiger partial charge on any atom is -0.381 e. The quantitative estimate of drug-likeness (QED) is 0.710. The number of hydrogen-bond acceptors (Lipinski definition) is 3. The molecule has 0 aliphatic carbocycles. The predicted molar refractivity (Wildman–Crippen MR) is 84.1 cm³/mol. The summed E-state index contributed by atoms with van der Waals surface area (Å²) < 4.78 is 5.49. The van der Waals surface area contributed by atoms with E-state index in [1.165, 1.54) is 4.88 Å². The monoisotopic (exact) mass is 298 g/mol. The summed E-state index contributed by atoms with van der Waals surface area (Å²) in [6.07, 6.45) is 0.856. The molecular formula is C15H26N2O2S. The lowest BCUT2D eigenvalue weighted by Crippen LogP contribution is -2.39. The Morgan fingerprint density at radius 1 is 1.50 bits per heavy atom. The molecule has 1 rings (SSSR count). The van der Waals surface area contributed by atoms with Crippen LogP contribution in [-0.2, 0) is 11.3 Å². The fourth-order valence-corrected chi connectivity index (χ4v) is 2.44. The van der Waals surface area contributed by atoms with Crippen molar-refractivity contribution in [2.45, 2.75) is 33.7 Å². The molecule has 0 aromatic carbocycles. The molecule has 0 atom stereocenters. The number of rotatable bonds is 9. The Morgan fingerprint density at radius 3 is 2.90 bits per heavy atom. The van der Waals surface area contributed by atoms with Crippen LogP contribution < -0.4 is 5.32 Å². The Balaban J connectivity index is 2.16. The number of amides is 2. The summed E-state index contributed by atoms with van der Waals surface area (Å²) in [5.74, 6) is 0.561. The van der Waals surface area contributed by atoms with Crippen LogP contribution in [0.3, 0.4) is 0 Å². The van der Waals surface area contributed by atoms with Crippen LogP contribution in [0.4, 0.5) is 4.79 Å². The van der Waals surface area contributed by atoms with Crippen molar-refractivity contribution >= 4 is 17.4 Å². The van der Waals surface area contributed by atoms with Gasteiger partial charge in [0, 0.05) is 31.2 Å². The van der Waals surface area contributed by atoms with E-state index in [2.05, 4.69) is 25.2 Å². The number of urea groups is 1. The molecule has 1 heterocycles. The second-order valence-electron chi connectivity index (χ2n) is 5.15. The summed E-state index contributed by atoms with van der Waals surface area (Å²) in [6.45, 7) is 9.81. The molecule has 0 fully saturated rings. The van der Waals surface area contributed by atoms with Crippen molar-refractivity contribution in [1.29, 1.82) is 0 Å². The average molecular weight is 298 g/mol. The van der Waals surface area contributed by atoms with Gasteiger partial charge in [-0.3, -0.25) is 0 Å². The van der Waals surface area contributed by atoms with E-state index in [9.17, 15) is 4.79 Å². The average Bonchev–Trinajstić information content (AvgIpc) is 2.92. The van der Waals surface area contributed by atoms with Crippen LogP contribution >= 0.6 is 11.3 Å². The molecule has 0 spiro atoms. The Bertz CT molecular complexity index is 366. The maximum atomic E-state index is 12.0. The van der Waals surface area contributed by atoms with Gasteiger partial charge in [-0.05, 0) is 30.7 Å². The second kappa shape index (κ2) is 9.77. The lowest BCUT2D eigenvalue weighted by atomic mass is 10.2. The van der Waals surface area contributed by atoms with E-state index in [4.69, 9.17) is 4.74 Å². The fourth-order valence-electron chi connectivity index (χ4n) is 1.72. The molecule has 1 aromatic rings. The minimum absolute atomic E-state index is 0.00441. The Kier molecular flexibility index (Phi) is 8.30. The summed E-state index contributed by atoms with van der Waals surface area (Å²) in [7, 11) is 0. The van der Waals surface area contributed by atoms with E-state index in [1.807, 2.05) is 23.3 Å². The molecule has 1 N–H and O–H groups in total. The van der Waals surface area contributed by atoms with Crippen molar-refractivity contribution in [2.24, 2.45) is 5.92 Å². The van der Waals surface area contributed by atoms with Crippen LogP contribution in [0, 0.1) is 5.92 Å². The van der Waals surface area contributed by atoms with E-state index in [0.717, 1.165) is 13.0 Å². The van der Waals surface area contributed by atoms with Crippen LogP contribution in [0.1, 0.15) is 32.1 Å². The molecule has 0 aliphatic rings. The number of carbonyl (C=O) groups is 1. The van der Waals surface area contributed by atoms with Crippen LogP contribution in [-0.4, -0.2) is 37.2 Å². The van der Waals surface area contributed by atoms with Gasteiger partial charge in [0.05, 0.1) is 6.54 Å². The highest BCUT2D eigenvalue weighted by Crippen LogP contribution is 2.11. The van der Waals surface area contributed by atoms with E-state index >= 15 is 0 Å². The molecule has 0 saturated heterocycles. The normalized spacial score (nSPS) is 10.8. The molecule has 114 valence electrons. The third kappa shape index (κ3) is 6.91. The zero-order valence-corrected chi connectivity index (χ0v) is 13.5. The number of hydrogen-bond donors (Lipinski definition) is 1. The standard InChI is InChI=1S/C15H26N2O2S/c1-4-17(11-14-7-5-10-20-14)15(18)16-8-6-9-19-12-13(2)3/h5,7,10,13H,4,6,8-9,11-12H2,1-3H3,(H,16,18). The topological polar surface area (TPSA) is 41.6 Å². The summed E-state index contributed by atoms with van der Waals surface area (Å²) in [5, 5.41) is 4.98. The highest BCUT2D eigenvalue weighted by molar-refractivity contribution is 7.09. The van der Waals surface area contributed by atoms with Crippen molar-refractivity contribution in [3.63, 3.8) is 0 Å². The van der Waals surface area contributed by atoms with Crippen LogP contribution in [0.2, 0.25) is 0 Å². The van der Waals surface area contributed by atoms with Crippen LogP contribution in [0.25, 0.3) is 0 Å². The van der Waals surface area contributed by atoms with Gasteiger partial charge >= 0.3 is 6.03 Å². The first kappa shape index (κ1) is 17.0. The summed E-state index contributed by atoms with van der Waals surface area (Å²) in [6, 6.07) is 4.07. The highest BCUT2D eigenvalue weighted by Gasteiger charge is 2.11. The largest absolute Gasteiger partial charge is 0.381 e.